The number of carbonyl (C=O) groups is 3. The molecular formula is C21H28N2O4. The smallest absolute Gasteiger partial charge is 0.227 e. The summed E-state index contributed by atoms with van der Waals surface area (Å²) in [4.78, 5) is 40.7. The number of rotatable bonds is 5. The van der Waals surface area contributed by atoms with Crippen molar-refractivity contribution in [2.24, 2.45) is 5.92 Å². The van der Waals surface area contributed by atoms with E-state index in [2.05, 4.69) is 0 Å². The van der Waals surface area contributed by atoms with Crippen LogP contribution in [0.2, 0.25) is 0 Å². The molecule has 2 aliphatic heterocycles. The third kappa shape index (κ3) is 4.49. The molecule has 2 fully saturated rings. The number of methoxy groups -OCH3 is 1. The van der Waals surface area contributed by atoms with Crippen molar-refractivity contribution in [3.05, 3.63) is 29.3 Å². The average molecular weight is 372 g/mol. The highest BCUT2D eigenvalue weighted by molar-refractivity contribution is 5.94. The van der Waals surface area contributed by atoms with Crippen LogP contribution in [-0.4, -0.2) is 60.7 Å². The molecule has 0 unspecified atom stereocenters. The van der Waals surface area contributed by atoms with Gasteiger partial charge >= 0.3 is 0 Å². The van der Waals surface area contributed by atoms with Crippen molar-refractivity contribution >= 4 is 17.6 Å². The molecule has 0 atom stereocenters. The third-order valence-corrected chi connectivity index (χ3v) is 5.64. The fourth-order valence-corrected chi connectivity index (χ4v) is 3.98. The molecule has 2 heterocycles. The van der Waals surface area contributed by atoms with Crippen LogP contribution in [0.4, 0.5) is 0 Å². The molecule has 2 aliphatic rings. The van der Waals surface area contributed by atoms with Crippen LogP contribution in [0.3, 0.4) is 0 Å². The maximum Gasteiger partial charge on any atom is 0.227 e. The van der Waals surface area contributed by atoms with Crippen molar-refractivity contribution in [3.8, 4) is 5.75 Å². The minimum atomic E-state index is -0.0346. The Hall–Kier alpha value is -2.37. The lowest BCUT2D eigenvalue weighted by molar-refractivity contribution is -0.139. The Morgan fingerprint density at radius 1 is 1.04 bits per heavy atom. The van der Waals surface area contributed by atoms with Crippen LogP contribution in [0, 0.1) is 5.92 Å². The fourth-order valence-electron chi connectivity index (χ4n) is 3.98. The van der Waals surface area contributed by atoms with Crippen LogP contribution in [0.1, 0.15) is 48.5 Å². The van der Waals surface area contributed by atoms with Crippen LogP contribution in [-0.2, 0) is 16.0 Å². The number of likely N-dealkylation sites (tertiary alicyclic amines) is 2. The SMILES string of the molecule is COc1ccc(C(C)=O)cc1CC(=O)N1CCC(C(=O)N2CCCC2)CC1. The van der Waals surface area contributed by atoms with Gasteiger partial charge in [-0.25, -0.2) is 0 Å². The summed E-state index contributed by atoms with van der Waals surface area (Å²) >= 11 is 0. The number of hydrogen-bond acceptors (Lipinski definition) is 4. The highest BCUT2D eigenvalue weighted by Crippen LogP contribution is 2.25. The first-order valence-corrected chi connectivity index (χ1v) is 9.74. The van der Waals surface area contributed by atoms with Gasteiger partial charge in [0.2, 0.25) is 11.8 Å². The van der Waals surface area contributed by atoms with Gasteiger partial charge in [-0.1, -0.05) is 0 Å². The standard InChI is InChI=1S/C21H28N2O4/c1-15(24)17-5-6-19(27-2)18(13-17)14-20(25)22-11-7-16(8-12-22)21(26)23-9-3-4-10-23/h5-6,13,16H,3-4,7-12,14H2,1-2H3. The lowest BCUT2D eigenvalue weighted by Gasteiger charge is -2.33. The van der Waals surface area contributed by atoms with Crippen LogP contribution in [0.25, 0.3) is 0 Å². The molecular weight excluding hydrogens is 344 g/mol. The van der Waals surface area contributed by atoms with Gasteiger partial charge in [0.1, 0.15) is 5.75 Å². The fraction of sp³-hybridized carbons (Fsp3) is 0.571. The Morgan fingerprint density at radius 2 is 1.70 bits per heavy atom. The number of benzene rings is 1. The summed E-state index contributed by atoms with van der Waals surface area (Å²) in [5.41, 5.74) is 1.30. The molecule has 27 heavy (non-hydrogen) atoms. The van der Waals surface area contributed by atoms with E-state index >= 15 is 0 Å². The van der Waals surface area contributed by atoms with E-state index in [4.69, 9.17) is 4.74 Å². The number of ether oxygens (including phenoxy) is 1. The molecule has 0 radical (unpaired) electrons. The minimum absolute atomic E-state index is 0.0149. The number of piperidine rings is 1. The van der Waals surface area contributed by atoms with Crippen molar-refractivity contribution < 1.29 is 19.1 Å². The maximum absolute atomic E-state index is 12.7. The Bertz CT molecular complexity index is 717. The summed E-state index contributed by atoms with van der Waals surface area (Å²) in [6.07, 6.45) is 3.86. The summed E-state index contributed by atoms with van der Waals surface area (Å²) < 4.78 is 5.34. The zero-order valence-corrected chi connectivity index (χ0v) is 16.2. The van der Waals surface area contributed by atoms with E-state index < -0.39 is 0 Å². The average Bonchev–Trinajstić information content (AvgIpc) is 3.22. The predicted molar refractivity (Wildman–Crippen MR) is 102 cm³/mol. The van der Waals surface area contributed by atoms with Crippen LogP contribution < -0.4 is 4.74 Å². The summed E-state index contributed by atoms with van der Waals surface area (Å²) in [6.45, 7) is 4.49. The quantitative estimate of drug-likeness (QED) is 0.744. The first kappa shape index (κ1) is 19.4. The number of nitrogens with zero attached hydrogens (tertiary/aromatic N) is 2. The van der Waals surface area contributed by atoms with Crippen molar-refractivity contribution in [1.29, 1.82) is 0 Å². The van der Waals surface area contributed by atoms with Gasteiger partial charge in [0.25, 0.3) is 0 Å². The summed E-state index contributed by atoms with van der Waals surface area (Å²) in [7, 11) is 1.56. The van der Waals surface area contributed by atoms with Gasteiger partial charge in [-0.05, 0) is 50.8 Å². The molecule has 0 spiro atoms. The zero-order chi connectivity index (χ0) is 19.4. The maximum atomic E-state index is 12.7. The largest absolute Gasteiger partial charge is 0.496 e. The molecule has 146 valence electrons. The summed E-state index contributed by atoms with van der Waals surface area (Å²) in [5.74, 6) is 0.902. The van der Waals surface area contributed by atoms with Gasteiger partial charge in [0.15, 0.2) is 5.78 Å². The molecule has 2 saturated heterocycles. The highest BCUT2D eigenvalue weighted by Gasteiger charge is 2.31. The molecule has 1 aromatic rings. The second-order valence-corrected chi connectivity index (χ2v) is 7.45. The lowest BCUT2D eigenvalue weighted by atomic mass is 9.94. The van der Waals surface area contributed by atoms with Gasteiger partial charge in [0, 0.05) is 43.2 Å². The lowest BCUT2D eigenvalue weighted by Crippen LogP contribution is -2.44. The van der Waals surface area contributed by atoms with Crippen molar-refractivity contribution in [2.45, 2.75) is 39.0 Å². The predicted octanol–water partition coefficient (Wildman–Crippen LogP) is 2.30. The van der Waals surface area contributed by atoms with E-state index in [-0.39, 0.29) is 29.9 Å². The molecule has 1 aromatic carbocycles. The second-order valence-electron chi connectivity index (χ2n) is 7.45. The van der Waals surface area contributed by atoms with E-state index in [9.17, 15) is 14.4 Å². The molecule has 3 rings (SSSR count). The molecule has 6 nitrogen and oxygen atoms in total. The van der Waals surface area contributed by atoms with Gasteiger partial charge in [-0.2, -0.15) is 0 Å². The number of carbonyl (C=O) groups excluding carboxylic acids is 3. The summed E-state index contributed by atoms with van der Waals surface area (Å²) in [5, 5.41) is 0. The number of hydrogen-bond donors (Lipinski definition) is 0. The molecule has 0 bridgehead atoms. The Balaban J connectivity index is 1.59. The van der Waals surface area contributed by atoms with E-state index in [1.54, 1.807) is 25.3 Å². The Kier molecular flexibility index (Phi) is 6.14. The molecule has 6 heteroatoms. The van der Waals surface area contributed by atoms with Gasteiger partial charge in [-0.3, -0.25) is 14.4 Å². The molecule has 0 saturated carbocycles. The first-order valence-electron chi connectivity index (χ1n) is 9.74. The molecule has 0 aromatic heterocycles. The van der Waals surface area contributed by atoms with Crippen LogP contribution in [0.15, 0.2) is 18.2 Å². The van der Waals surface area contributed by atoms with Crippen molar-refractivity contribution in [1.82, 2.24) is 9.80 Å². The second kappa shape index (κ2) is 8.55. The van der Waals surface area contributed by atoms with Gasteiger partial charge in [0.05, 0.1) is 13.5 Å². The van der Waals surface area contributed by atoms with E-state index in [1.807, 2.05) is 9.80 Å². The van der Waals surface area contributed by atoms with Gasteiger partial charge in [-0.15, -0.1) is 0 Å². The minimum Gasteiger partial charge on any atom is -0.496 e. The van der Waals surface area contributed by atoms with Gasteiger partial charge < -0.3 is 14.5 Å². The molecule has 2 amide bonds. The topological polar surface area (TPSA) is 66.9 Å². The molecule has 0 N–H and O–H groups in total. The summed E-state index contributed by atoms with van der Waals surface area (Å²) in [6, 6.07) is 5.19. The molecule has 0 aliphatic carbocycles. The first-order chi connectivity index (χ1) is 13.0. The number of amides is 2. The van der Waals surface area contributed by atoms with Crippen molar-refractivity contribution in [3.63, 3.8) is 0 Å². The Morgan fingerprint density at radius 3 is 2.30 bits per heavy atom. The Labute approximate surface area is 160 Å². The monoisotopic (exact) mass is 372 g/mol. The van der Waals surface area contributed by atoms with Crippen LogP contribution >= 0.6 is 0 Å². The normalized spacial score (nSPS) is 17.9. The van der Waals surface area contributed by atoms with E-state index in [0.717, 1.165) is 44.3 Å². The van der Waals surface area contributed by atoms with E-state index in [1.165, 1.54) is 6.92 Å². The van der Waals surface area contributed by atoms with Crippen LogP contribution in [0.5, 0.6) is 5.75 Å². The number of ketones is 1. The van der Waals surface area contributed by atoms with Crippen molar-refractivity contribution in [2.75, 3.05) is 33.3 Å². The van der Waals surface area contributed by atoms with E-state index in [0.29, 0.717) is 24.4 Å². The highest BCUT2D eigenvalue weighted by atomic mass is 16.5. The third-order valence-electron chi connectivity index (χ3n) is 5.64. The number of Topliss-reactive ketones (excluding diaryl/α,β-unsaturated/α-hetero) is 1. The zero-order valence-electron chi connectivity index (χ0n) is 16.2.